The van der Waals surface area contributed by atoms with E-state index < -0.39 is 11.6 Å². The lowest BCUT2D eigenvalue weighted by atomic mass is 9.97. The lowest BCUT2D eigenvalue weighted by Gasteiger charge is -2.15. The summed E-state index contributed by atoms with van der Waals surface area (Å²) in [5.41, 5.74) is 0.200. The molecule has 0 spiro atoms. The molecule has 6 heteroatoms. The minimum Gasteiger partial charge on any atom is -0.346 e. The van der Waals surface area contributed by atoms with Crippen LogP contribution in [0.1, 0.15) is 22.9 Å². The van der Waals surface area contributed by atoms with Gasteiger partial charge in [0, 0.05) is 24.6 Å². The fourth-order valence-electron chi connectivity index (χ4n) is 2.48. The van der Waals surface area contributed by atoms with Crippen LogP contribution in [-0.2, 0) is 0 Å². The van der Waals surface area contributed by atoms with E-state index in [9.17, 15) is 8.78 Å². The van der Waals surface area contributed by atoms with Gasteiger partial charge in [0.15, 0.2) is 0 Å². The molecule has 2 heterocycles. The molecule has 0 aliphatic carbocycles. The van der Waals surface area contributed by atoms with Gasteiger partial charge in [0.1, 0.15) is 16.6 Å². The van der Waals surface area contributed by atoms with Crippen molar-refractivity contribution in [1.82, 2.24) is 10.2 Å². The quantitative estimate of drug-likeness (QED) is 0.847. The Hall–Kier alpha value is -1.56. The fourth-order valence-corrected chi connectivity index (χ4v) is 3.21. The van der Waals surface area contributed by atoms with Crippen molar-refractivity contribution in [3.63, 3.8) is 0 Å². The molecule has 1 unspecified atom stereocenters. The molecule has 1 aliphatic heterocycles. The first-order chi connectivity index (χ1) is 9.15. The van der Waals surface area contributed by atoms with Crippen molar-refractivity contribution >= 4 is 16.5 Å². The van der Waals surface area contributed by atoms with E-state index in [1.165, 1.54) is 29.5 Å². The van der Waals surface area contributed by atoms with Gasteiger partial charge < -0.3 is 4.90 Å². The van der Waals surface area contributed by atoms with Crippen LogP contribution in [0.15, 0.2) is 18.2 Å². The van der Waals surface area contributed by atoms with Gasteiger partial charge in [-0.05, 0) is 25.5 Å². The topological polar surface area (TPSA) is 29.0 Å². The van der Waals surface area contributed by atoms with Crippen LogP contribution in [0.4, 0.5) is 13.9 Å². The Morgan fingerprint density at radius 3 is 2.63 bits per heavy atom. The van der Waals surface area contributed by atoms with E-state index in [4.69, 9.17) is 0 Å². The molecular formula is C13H13F2N3S. The number of nitrogens with zero attached hydrogens (tertiary/aromatic N) is 3. The normalized spacial score (nSPS) is 19.1. The molecule has 0 bridgehead atoms. The van der Waals surface area contributed by atoms with Gasteiger partial charge in [-0.2, -0.15) is 0 Å². The first-order valence-electron chi connectivity index (χ1n) is 6.14. The summed E-state index contributed by atoms with van der Waals surface area (Å²) in [6, 6.07) is 4.03. The third kappa shape index (κ3) is 2.32. The number of hydrogen-bond acceptors (Lipinski definition) is 4. The smallest absolute Gasteiger partial charge is 0.208 e. The average Bonchev–Trinajstić information content (AvgIpc) is 2.98. The summed E-state index contributed by atoms with van der Waals surface area (Å²) in [7, 11) is 0. The van der Waals surface area contributed by atoms with Crippen molar-refractivity contribution < 1.29 is 8.78 Å². The highest BCUT2D eigenvalue weighted by atomic mass is 32.1. The van der Waals surface area contributed by atoms with Gasteiger partial charge >= 0.3 is 0 Å². The van der Waals surface area contributed by atoms with Crippen molar-refractivity contribution in [2.45, 2.75) is 19.3 Å². The Kier molecular flexibility index (Phi) is 3.18. The van der Waals surface area contributed by atoms with Crippen LogP contribution in [0.25, 0.3) is 0 Å². The number of rotatable bonds is 2. The van der Waals surface area contributed by atoms with E-state index in [0.717, 1.165) is 23.1 Å². The highest BCUT2D eigenvalue weighted by Crippen LogP contribution is 2.34. The molecule has 100 valence electrons. The zero-order valence-electron chi connectivity index (χ0n) is 10.4. The van der Waals surface area contributed by atoms with Crippen LogP contribution in [-0.4, -0.2) is 23.3 Å². The van der Waals surface area contributed by atoms with Crippen molar-refractivity contribution in [2.75, 3.05) is 18.0 Å². The van der Waals surface area contributed by atoms with E-state index in [-0.39, 0.29) is 11.5 Å². The summed E-state index contributed by atoms with van der Waals surface area (Å²) < 4.78 is 27.5. The molecule has 1 fully saturated rings. The average molecular weight is 281 g/mol. The number of anilines is 1. The Morgan fingerprint density at radius 1 is 1.26 bits per heavy atom. The van der Waals surface area contributed by atoms with Crippen LogP contribution in [0.3, 0.4) is 0 Å². The SMILES string of the molecule is Cc1nnc(N2CCC(c3c(F)cccc3F)C2)s1. The molecule has 0 radical (unpaired) electrons. The van der Waals surface area contributed by atoms with E-state index in [2.05, 4.69) is 10.2 Å². The van der Waals surface area contributed by atoms with Crippen LogP contribution in [0.2, 0.25) is 0 Å². The largest absolute Gasteiger partial charge is 0.346 e. The predicted octanol–water partition coefficient (Wildman–Crippen LogP) is 3.12. The third-order valence-electron chi connectivity index (χ3n) is 3.38. The van der Waals surface area contributed by atoms with Crippen molar-refractivity contribution in [1.29, 1.82) is 0 Å². The van der Waals surface area contributed by atoms with E-state index in [1.54, 1.807) is 0 Å². The maximum absolute atomic E-state index is 13.8. The zero-order valence-corrected chi connectivity index (χ0v) is 11.3. The summed E-state index contributed by atoms with van der Waals surface area (Å²) in [5.74, 6) is -1.04. The molecule has 3 nitrogen and oxygen atoms in total. The molecule has 0 N–H and O–H groups in total. The van der Waals surface area contributed by atoms with E-state index in [1.807, 2.05) is 11.8 Å². The summed E-state index contributed by atoms with van der Waals surface area (Å²) >= 11 is 1.51. The second kappa shape index (κ2) is 4.85. The second-order valence-corrected chi connectivity index (χ2v) is 5.83. The third-order valence-corrected chi connectivity index (χ3v) is 4.28. The van der Waals surface area contributed by atoms with Crippen LogP contribution < -0.4 is 4.90 Å². The molecule has 3 rings (SSSR count). The van der Waals surface area contributed by atoms with E-state index >= 15 is 0 Å². The van der Waals surface area contributed by atoms with Gasteiger partial charge in [-0.3, -0.25) is 0 Å². The fraction of sp³-hybridized carbons (Fsp3) is 0.385. The minimum absolute atomic E-state index is 0.120. The Labute approximate surface area is 113 Å². The molecular weight excluding hydrogens is 268 g/mol. The summed E-state index contributed by atoms with van der Waals surface area (Å²) in [4.78, 5) is 2.04. The van der Waals surface area contributed by atoms with Gasteiger partial charge in [-0.1, -0.05) is 17.4 Å². The number of benzene rings is 1. The van der Waals surface area contributed by atoms with Gasteiger partial charge in [0.05, 0.1) is 0 Å². The maximum Gasteiger partial charge on any atom is 0.208 e. The highest BCUT2D eigenvalue weighted by Gasteiger charge is 2.29. The van der Waals surface area contributed by atoms with Gasteiger partial charge in [-0.25, -0.2) is 8.78 Å². The van der Waals surface area contributed by atoms with Crippen molar-refractivity contribution in [3.05, 3.63) is 40.4 Å². The molecule has 1 aliphatic rings. The lowest BCUT2D eigenvalue weighted by Crippen LogP contribution is -2.19. The molecule has 1 saturated heterocycles. The number of aryl methyl sites for hydroxylation is 1. The molecule has 0 saturated carbocycles. The monoisotopic (exact) mass is 281 g/mol. The van der Waals surface area contributed by atoms with Crippen molar-refractivity contribution in [3.8, 4) is 0 Å². The molecule has 1 aromatic heterocycles. The summed E-state index contributed by atoms with van der Waals surface area (Å²) in [6.07, 6.45) is 0.733. The number of aromatic nitrogens is 2. The van der Waals surface area contributed by atoms with Crippen LogP contribution >= 0.6 is 11.3 Å². The van der Waals surface area contributed by atoms with Gasteiger partial charge in [0.25, 0.3) is 0 Å². The van der Waals surface area contributed by atoms with Crippen LogP contribution in [0, 0.1) is 18.6 Å². The van der Waals surface area contributed by atoms with E-state index in [0.29, 0.717) is 6.54 Å². The van der Waals surface area contributed by atoms with Crippen molar-refractivity contribution in [2.24, 2.45) is 0 Å². The van der Waals surface area contributed by atoms with Gasteiger partial charge in [0.2, 0.25) is 5.13 Å². The molecule has 1 aromatic carbocycles. The molecule has 0 amide bonds. The number of halogens is 2. The molecule has 1 atom stereocenters. The minimum atomic E-state index is -0.458. The summed E-state index contributed by atoms with van der Waals surface area (Å²) in [5, 5.41) is 9.78. The lowest BCUT2D eigenvalue weighted by molar-refractivity contribution is 0.533. The Morgan fingerprint density at radius 2 is 2.00 bits per heavy atom. The Balaban J connectivity index is 1.82. The highest BCUT2D eigenvalue weighted by molar-refractivity contribution is 7.15. The van der Waals surface area contributed by atoms with Crippen LogP contribution in [0.5, 0.6) is 0 Å². The predicted molar refractivity (Wildman–Crippen MR) is 70.6 cm³/mol. The Bertz CT molecular complexity index is 579. The van der Waals surface area contributed by atoms with Gasteiger partial charge in [-0.15, -0.1) is 10.2 Å². The second-order valence-electron chi connectivity index (χ2n) is 4.67. The maximum atomic E-state index is 13.8. The standard InChI is InChI=1S/C13H13F2N3S/c1-8-16-17-13(19-8)18-6-5-9(7-18)12-10(14)3-2-4-11(12)15/h2-4,9H,5-7H2,1H3. The number of hydrogen-bond donors (Lipinski definition) is 0. The molecule has 19 heavy (non-hydrogen) atoms. The first-order valence-corrected chi connectivity index (χ1v) is 6.96. The first kappa shape index (κ1) is 12.5. The summed E-state index contributed by atoms with van der Waals surface area (Å²) in [6.45, 7) is 3.24. The molecule has 2 aromatic rings. The zero-order chi connectivity index (χ0) is 13.4.